The number of nitrogens with zero attached hydrogens (tertiary/aromatic N) is 2. The van der Waals surface area contributed by atoms with E-state index in [0.717, 1.165) is 24.2 Å². The van der Waals surface area contributed by atoms with Crippen LogP contribution in [0.4, 0.5) is 5.69 Å². The number of ether oxygens (including phenoxy) is 1. The van der Waals surface area contributed by atoms with Crippen LogP contribution in [0.2, 0.25) is 5.02 Å². The molecule has 0 unspecified atom stereocenters. The van der Waals surface area contributed by atoms with Crippen LogP contribution in [0.3, 0.4) is 0 Å². The molecule has 1 atom stereocenters. The summed E-state index contributed by atoms with van der Waals surface area (Å²) in [4.78, 5) is 19.4. The van der Waals surface area contributed by atoms with Gasteiger partial charge in [-0.2, -0.15) is 0 Å². The minimum Gasteiger partial charge on any atom is -0.471 e. The van der Waals surface area contributed by atoms with Crippen LogP contribution in [0.5, 0.6) is 5.88 Å². The minimum absolute atomic E-state index is 0.0558. The summed E-state index contributed by atoms with van der Waals surface area (Å²) in [5.41, 5.74) is 3.54. The summed E-state index contributed by atoms with van der Waals surface area (Å²) in [7, 11) is 0. The molecule has 31 heavy (non-hydrogen) atoms. The molecule has 1 aromatic carbocycles. The average molecular weight is 439 g/mol. The normalized spacial score (nSPS) is 17.0. The zero-order valence-electron chi connectivity index (χ0n) is 17.8. The van der Waals surface area contributed by atoms with Gasteiger partial charge in [-0.25, -0.2) is 4.98 Å². The van der Waals surface area contributed by atoms with Crippen LogP contribution in [0.15, 0.2) is 72.5 Å². The second kappa shape index (κ2) is 10.4. The average Bonchev–Trinajstić information content (AvgIpc) is 3.26. The van der Waals surface area contributed by atoms with E-state index < -0.39 is 0 Å². The van der Waals surface area contributed by atoms with Gasteiger partial charge in [-0.15, -0.1) is 0 Å². The van der Waals surface area contributed by atoms with Gasteiger partial charge < -0.3 is 14.7 Å². The molecule has 3 rings (SSSR count). The van der Waals surface area contributed by atoms with E-state index in [0.29, 0.717) is 34.1 Å². The highest BCUT2D eigenvalue weighted by Gasteiger charge is 2.27. The second-order valence-electron chi connectivity index (χ2n) is 7.40. The standard InChI is InChI=1S/C25H27ClN2O3/c1-4-7-21(17(3)5-2)24(30)18-9-10-23(19(14-18)16-29)28-13-11-20(15-28)31-25-22(26)8-6-12-27-25/h4-10,12,14,20,29H,2,11,13,15-16H2,1,3H3/b7-4-,21-17+/t20-/m0/s1. The Morgan fingerprint density at radius 1 is 1.42 bits per heavy atom. The van der Waals surface area contributed by atoms with Crippen molar-refractivity contribution in [1.82, 2.24) is 4.98 Å². The number of aromatic nitrogens is 1. The number of Topliss-reactive ketones (excluding diaryl/α,β-unsaturated/α-hetero) is 1. The van der Waals surface area contributed by atoms with Crippen molar-refractivity contribution in [1.29, 1.82) is 0 Å². The first-order valence-electron chi connectivity index (χ1n) is 10.2. The Morgan fingerprint density at radius 3 is 2.90 bits per heavy atom. The van der Waals surface area contributed by atoms with Gasteiger partial charge in [-0.1, -0.05) is 36.4 Å². The predicted octanol–water partition coefficient (Wildman–Crippen LogP) is 5.15. The SMILES string of the molecule is C=C/C(C)=C(\C=C/C)C(=O)c1ccc(N2CC[C@H](Oc3ncccc3Cl)C2)c(CO)c1. The van der Waals surface area contributed by atoms with Crippen molar-refractivity contribution in [2.75, 3.05) is 18.0 Å². The molecule has 1 saturated heterocycles. The quantitative estimate of drug-likeness (QED) is 0.351. The summed E-state index contributed by atoms with van der Waals surface area (Å²) < 4.78 is 5.97. The number of hydrogen-bond donors (Lipinski definition) is 1. The Bertz CT molecular complexity index is 1030. The maximum atomic E-state index is 13.0. The van der Waals surface area contributed by atoms with Crippen LogP contribution >= 0.6 is 11.6 Å². The molecule has 0 radical (unpaired) electrons. The van der Waals surface area contributed by atoms with Crippen LogP contribution in [0, 0.1) is 0 Å². The Kier molecular flexibility index (Phi) is 7.66. The molecule has 2 aromatic rings. The first-order valence-corrected chi connectivity index (χ1v) is 10.6. The number of benzene rings is 1. The number of rotatable bonds is 8. The molecule has 2 heterocycles. The number of halogens is 1. The van der Waals surface area contributed by atoms with Gasteiger partial charge in [-0.05, 0) is 49.8 Å². The second-order valence-corrected chi connectivity index (χ2v) is 7.80. The number of anilines is 1. The summed E-state index contributed by atoms with van der Waals surface area (Å²) in [6, 6.07) is 8.98. The number of ketones is 1. The fourth-order valence-corrected chi connectivity index (χ4v) is 3.81. The van der Waals surface area contributed by atoms with Crippen LogP contribution in [-0.4, -0.2) is 35.1 Å². The van der Waals surface area contributed by atoms with Crippen LogP contribution < -0.4 is 9.64 Å². The molecule has 0 amide bonds. The van der Waals surface area contributed by atoms with E-state index in [1.165, 1.54) is 0 Å². The predicted molar refractivity (Wildman–Crippen MR) is 125 cm³/mol. The highest BCUT2D eigenvalue weighted by Crippen LogP contribution is 2.30. The first kappa shape index (κ1) is 22.8. The molecule has 0 aliphatic carbocycles. The lowest BCUT2D eigenvalue weighted by Gasteiger charge is -2.22. The monoisotopic (exact) mass is 438 g/mol. The maximum absolute atomic E-state index is 13.0. The van der Waals surface area contributed by atoms with E-state index in [-0.39, 0.29) is 18.5 Å². The van der Waals surface area contributed by atoms with Crippen molar-refractivity contribution in [2.24, 2.45) is 0 Å². The number of aliphatic hydroxyl groups excluding tert-OH is 1. The zero-order valence-corrected chi connectivity index (χ0v) is 18.6. The number of hydrogen-bond acceptors (Lipinski definition) is 5. The van der Waals surface area contributed by atoms with E-state index in [2.05, 4.69) is 16.5 Å². The van der Waals surface area contributed by atoms with Crippen LogP contribution in [0.25, 0.3) is 0 Å². The molecule has 6 heteroatoms. The third kappa shape index (κ3) is 5.24. The molecule has 0 bridgehead atoms. The fourth-order valence-electron chi connectivity index (χ4n) is 3.64. The minimum atomic E-state index is -0.159. The van der Waals surface area contributed by atoms with Crippen molar-refractivity contribution in [3.05, 3.63) is 88.6 Å². The summed E-state index contributed by atoms with van der Waals surface area (Å²) in [5, 5.41) is 10.5. The Balaban J connectivity index is 1.80. The summed E-state index contributed by atoms with van der Waals surface area (Å²) >= 11 is 6.15. The zero-order chi connectivity index (χ0) is 22.4. The van der Waals surface area contributed by atoms with Gasteiger partial charge in [0, 0.05) is 41.5 Å². The molecule has 1 fully saturated rings. The van der Waals surface area contributed by atoms with Gasteiger partial charge in [0.05, 0.1) is 13.2 Å². The largest absolute Gasteiger partial charge is 0.471 e. The third-order valence-corrected chi connectivity index (χ3v) is 5.60. The van der Waals surface area contributed by atoms with E-state index >= 15 is 0 Å². The van der Waals surface area contributed by atoms with E-state index in [4.69, 9.17) is 16.3 Å². The van der Waals surface area contributed by atoms with Crippen molar-refractivity contribution in [3.63, 3.8) is 0 Å². The number of aliphatic hydroxyl groups is 1. The summed E-state index contributed by atoms with van der Waals surface area (Å²) in [6.07, 6.45) is 7.70. The topological polar surface area (TPSA) is 62.7 Å². The van der Waals surface area contributed by atoms with E-state index in [1.54, 1.807) is 42.6 Å². The van der Waals surface area contributed by atoms with Crippen LogP contribution in [0.1, 0.15) is 36.2 Å². The van der Waals surface area contributed by atoms with Crippen molar-refractivity contribution >= 4 is 23.1 Å². The molecule has 0 saturated carbocycles. The molecule has 1 aromatic heterocycles. The number of carbonyl (C=O) groups excluding carboxylic acids is 1. The number of carbonyl (C=O) groups is 1. The Morgan fingerprint density at radius 2 is 2.23 bits per heavy atom. The van der Waals surface area contributed by atoms with Crippen molar-refractivity contribution in [3.8, 4) is 5.88 Å². The van der Waals surface area contributed by atoms with Gasteiger partial charge >= 0.3 is 0 Å². The highest BCUT2D eigenvalue weighted by atomic mass is 35.5. The lowest BCUT2D eigenvalue weighted by molar-refractivity contribution is 0.103. The smallest absolute Gasteiger partial charge is 0.232 e. The third-order valence-electron chi connectivity index (χ3n) is 5.31. The van der Waals surface area contributed by atoms with Gasteiger partial charge in [-0.3, -0.25) is 4.79 Å². The van der Waals surface area contributed by atoms with Gasteiger partial charge in [0.1, 0.15) is 11.1 Å². The van der Waals surface area contributed by atoms with Gasteiger partial charge in [0.15, 0.2) is 5.78 Å². The first-order chi connectivity index (χ1) is 15.0. The molecular formula is C25H27ClN2O3. The molecule has 0 spiro atoms. The van der Waals surface area contributed by atoms with Crippen LogP contribution in [-0.2, 0) is 6.61 Å². The molecule has 1 N–H and O–H groups in total. The fraction of sp³-hybridized carbons (Fsp3) is 0.280. The molecular weight excluding hydrogens is 412 g/mol. The Hall–Kier alpha value is -2.89. The summed E-state index contributed by atoms with van der Waals surface area (Å²) in [6.45, 7) is 8.76. The van der Waals surface area contributed by atoms with Crippen molar-refractivity contribution < 1.29 is 14.6 Å². The molecule has 5 nitrogen and oxygen atoms in total. The highest BCUT2D eigenvalue weighted by molar-refractivity contribution is 6.31. The Labute approximate surface area is 188 Å². The molecule has 1 aliphatic rings. The molecule has 1 aliphatic heterocycles. The van der Waals surface area contributed by atoms with E-state index in [9.17, 15) is 9.90 Å². The number of allylic oxidation sites excluding steroid dienone is 5. The van der Waals surface area contributed by atoms with Crippen molar-refractivity contribution in [2.45, 2.75) is 33.0 Å². The lowest BCUT2D eigenvalue weighted by atomic mass is 9.96. The maximum Gasteiger partial charge on any atom is 0.232 e. The molecule has 162 valence electrons. The number of pyridine rings is 1. The van der Waals surface area contributed by atoms with E-state index in [1.807, 2.05) is 26.0 Å². The van der Waals surface area contributed by atoms with Gasteiger partial charge in [0.25, 0.3) is 0 Å². The summed E-state index contributed by atoms with van der Waals surface area (Å²) in [5.74, 6) is 0.337. The van der Waals surface area contributed by atoms with Gasteiger partial charge in [0.2, 0.25) is 5.88 Å². The lowest BCUT2D eigenvalue weighted by Crippen LogP contribution is -2.25.